The fourth-order valence-corrected chi connectivity index (χ4v) is 3.06. The number of piperidine rings is 1. The third kappa shape index (κ3) is 4.01. The normalized spacial score (nSPS) is 17.3. The Balaban J connectivity index is 1.80. The van der Waals surface area contributed by atoms with E-state index in [-0.39, 0.29) is 17.9 Å². The molecule has 1 saturated heterocycles. The first-order chi connectivity index (χ1) is 10.6. The minimum absolute atomic E-state index is 0.0345. The largest absolute Gasteiger partial charge is 0.497 e. The molecule has 1 heterocycles. The lowest BCUT2D eigenvalue weighted by Crippen LogP contribution is -2.44. The number of aliphatic hydroxyl groups is 1. The SMILES string of the molecule is CCC1(CO)CCN(C(=O)CCc2ccc(OC)cc2)CC1. The van der Waals surface area contributed by atoms with Crippen LogP contribution in [0.5, 0.6) is 5.75 Å². The Labute approximate surface area is 133 Å². The zero-order valence-corrected chi connectivity index (χ0v) is 13.7. The molecule has 22 heavy (non-hydrogen) atoms. The molecule has 0 aliphatic carbocycles. The number of carbonyl (C=O) groups is 1. The number of methoxy groups -OCH3 is 1. The molecule has 0 radical (unpaired) electrons. The van der Waals surface area contributed by atoms with Gasteiger partial charge in [-0.25, -0.2) is 0 Å². The second kappa shape index (κ2) is 7.63. The van der Waals surface area contributed by atoms with Crippen LogP contribution in [0.2, 0.25) is 0 Å². The van der Waals surface area contributed by atoms with Crippen molar-refractivity contribution < 1.29 is 14.6 Å². The van der Waals surface area contributed by atoms with Gasteiger partial charge < -0.3 is 14.7 Å². The number of nitrogens with zero attached hydrogens (tertiary/aromatic N) is 1. The van der Waals surface area contributed by atoms with Crippen LogP contribution in [0.25, 0.3) is 0 Å². The number of likely N-dealkylation sites (tertiary alicyclic amines) is 1. The Hall–Kier alpha value is -1.55. The predicted molar refractivity (Wildman–Crippen MR) is 86.9 cm³/mol. The van der Waals surface area contributed by atoms with Gasteiger partial charge in [0.05, 0.1) is 7.11 Å². The number of ether oxygens (including phenoxy) is 1. The summed E-state index contributed by atoms with van der Waals surface area (Å²) in [6.45, 7) is 3.90. The number of amides is 1. The van der Waals surface area contributed by atoms with Crippen LogP contribution in [-0.4, -0.2) is 42.7 Å². The quantitative estimate of drug-likeness (QED) is 0.879. The minimum Gasteiger partial charge on any atom is -0.497 e. The van der Waals surface area contributed by atoms with Crippen LogP contribution in [0.3, 0.4) is 0 Å². The topological polar surface area (TPSA) is 49.8 Å². The Morgan fingerprint density at radius 3 is 2.41 bits per heavy atom. The average molecular weight is 305 g/mol. The maximum absolute atomic E-state index is 12.3. The van der Waals surface area contributed by atoms with Crippen molar-refractivity contribution in [3.05, 3.63) is 29.8 Å². The van der Waals surface area contributed by atoms with Crippen LogP contribution in [-0.2, 0) is 11.2 Å². The van der Waals surface area contributed by atoms with Crippen LogP contribution in [0.15, 0.2) is 24.3 Å². The molecule has 4 heteroatoms. The molecule has 0 saturated carbocycles. The molecule has 4 nitrogen and oxygen atoms in total. The van der Waals surface area contributed by atoms with Crippen molar-refractivity contribution in [2.45, 2.75) is 39.0 Å². The lowest BCUT2D eigenvalue weighted by Gasteiger charge is -2.40. The van der Waals surface area contributed by atoms with Gasteiger partial charge >= 0.3 is 0 Å². The summed E-state index contributed by atoms with van der Waals surface area (Å²) < 4.78 is 5.14. The summed E-state index contributed by atoms with van der Waals surface area (Å²) in [4.78, 5) is 14.3. The zero-order valence-electron chi connectivity index (χ0n) is 13.7. The summed E-state index contributed by atoms with van der Waals surface area (Å²) >= 11 is 0. The van der Waals surface area contributed by atoms with Crippen molar-refractivity contribution >= 4 is 5.91 Å². The number of aliphatic hydroxyl groups excluding tert-OH is 1. The van der Waals surface area contributed by atoms with Crippen molar-refractivity contribution in [1.82, 2.24) is 4.90 Å². The Bertz CT molecular complexity index is 470. The Morgan fingerprint density at radius 1 is 1.27 bits per heavy atom. The minimum atomic E-state index is 0.0345. The molecule has 2 rings (SSSR count). The van der Waals surface area contributed by atoms with E-state index in [0.717, 1.165) is 50.1 Å². The van der Waals surface area contributed by atoms with E-state index in [1.54, 1.807) is 7.11 Å². The molecule has 0 bridgehead atoms. The summed E-state index contributed by atoms with van der Waals surface area (Å²) in [5.41, 5.74) is 1.19. The molecule has 0 atom stereocenters. The highest BCUT2D eigenvalue weighted by Crippen LogP contribution is 2.34. The van der Waals surface area contributed by atoms with E-state index in [1.807, 2.05) is 29.2 Å². The third-order valence-corrected chi connectivity index (χ3v) is 5.05. The van der Waals surface area contributed by atoms with E-state index in [1.165, 1.54) is 0 Å². The summed E-state index contributed by atoms with van der Waals surface area (Å²) in [5.74, 6) is 1.06. The summed E-state index contributed by atoms with van der Waals surface area (Å²) in [6, 6.07) is 7.88. The molecule has 0 spiro atoms. The highest BCUT2D eigenvalue weighted by atomic mass is 16.5. The van der Waals surface area contributed by atoms with Gasteiger partial charge in [0.15, 0.2) is 0 Å². The molecular weight excluding hydrogens is 278 g/mol. The van der Waals surface area contributed by atoms with Crippen LogP contribution in [0, 0.1) is 5.41 Å². The van der Waals surface area contributed by atoms with Crippen LogP contribution < -0.4 is 4.74 Å². The van der Waals surface area contributed by atoms with Gasteiger partial charge in [0.1, 0.15) is 5.75 Å². The van der Waals surface area contributed by atoms with Gasteiger partial charge in [0, 0.05) is 26.1 Å². The first kappa shape index (κ1) is 16.8. The third-order valence-electron chi connectivity index (χ3n) is 5.05. The maximum Gasteiger partial charge on any atom is 0.222 e. The molecular formula is C18H27NO3. The average Bonchev–Trinajstić information content (AvgIpc) is 2.60. The number of aryl methyl sites for hydroxylation is 1. The molecule has 1 aliphatic rings. The predicted octanol–water partition coefficient (Wildman–Crippen LogP) is 2.64. The summed E-state index contributed by atoms with van der Waals surface area (Å²) in [5, 5.41) is 9.55. The number of hydrogen-bond acceptors (Lipinski definition) is 3. The van der Waals surface area contributed by atoms with Crippen molar-refractivity contribution in [3.63, 3.8) is 0 Å². The van der Waals surface area contributed by atoms with Crippen molar-refractivity contribution in [3.8, 4) is 5.75 Å². The second-order valence-electron chi connectivity index (χ2n) is 6.24. The number of hydrogen-bond donors (Lipinski definition) is 1. The van der Waals surface area contributed by atoms with Gasteiger partial charge in [-0.3, -0.25) is 4.79 Å². The second-order valence-corrected chi connectivity index (χ2v) is 6.24. The number of benzene rings is 1. The molecule has 0 aromatic heterocycles. The van der Waals surface area contributed by atoms with Gasteiger partial charge in [-0.05, 0) is 48.8 Å². The van der Waals surface area contributed by atoms with E-state index >= 15 is 0 Å². The van der Waals surface area contributed by atoms with Gasteiger partial charge in [0.2, 0.25) is 5.91 Å². The lowest BCUT2D eigenvalue weighted by atomic mass is 9.77. The first-order valence-corrected chi connectivity index (χ1v) is 8.14. The van der Waals surface area contributed by atoms with E-state index < -0.39 is 0 Å². The van der Waals surface area contributed by atoms with Crippen LogP contribution in [0.1, 0.15) is 38.2 Å². The molecule has 1 N–H and O–H groups in total. The van der Waals surface area contributed by atoms with Gasteiger partial charge in [-0.15, -0.1) is 0 Å². The molecule has 1 aromatic rings. The molecule has 1 aliphatic heterocycles. The van der Waals surface area contributed by atoms with Crippen LogP contribution in [0.4, 0.5) is 0 Å². The van der Waals surface area contributed by atoms with E-state index in [0.29, 0.717) is 6.42 Å². The van der Waals surface area contributed by atoms with Crippen molar-refractivity contribution in [2.24, 2.45) is 5.41 Å². The van der Waals surface area contributed by atoms with Gasteiger partial charge in [-0.1, -0.05) is 19.1 Å². The molecule has 0 unspecified atom stereocenters. The van der Waals surface area contributed by atoms with E-state index in [2.05, 4.69) is 6.92 Å². The van der Waals surface area contributed by atoms with Crippen molar-refractivity contribution in [2.75, 3.05) is 26.8 Å². The summed E-state index contributed by atoms with van der Waals surface area (Å²) in [6.07, 6.45) is 4.11. The van der Waals surface area contributed by atoms with Crippen LogP contribution >= 0.6 is 0 Å². The van der Waals surface area contributed by atoms with E-state index in [4.69, 9.17) is 4.74 Å². The highest BCUT2D eigenvalue weighted by molar-refractivity contribution is 5.76. The lowest BCUT2D eigenvalue weighted by molar-refractivity contribution is -0.134. The maximum atomic E-state index is 12.3. The monoisotopic (exact) mass is 305 g/mol. The van der Waals surface area contributed by atoms with E-state index in [9.17, 15) is 9.90 Å². The first-order valence-electron chi connectivity index (χ1n) is 8.14. The molecule has 1 aromatic carbocycles. The standard InChI is InChI=1S/C18H27NO3/c1-3-18(14-20)10-12-19(13-11-18)17(21)9-6-15-4-7-16(22-2)8-5-15/h4-5,7-8,20H,3,6,9-14H2,1-2H3. The Kier molecular flexibility index (Phi) is 5.83. The summed E-state index contributed by atoms with van der Waals surface area (Å²) in [7, 11) is 1.65. The Morgan fingerprint density at radius 2 is 1.91 bits per heavy atom. The van der Waals surface area contributed by atoms with Crippen molar-refractivity contribution in [1.29, 1.82) is 0 Å². The number of rotatable bonds is 6. The van der Waals surface area contributed by atoms with Gasteiger partial charge in [-0.2, -0.15) is 0 Å². The number of carbonyl (C=O) groups excluding carboxylic acids is 1. The molecule has 1 amide bonds. The molecule has 122 valence electrons. The fraction of sp³-hybridized carbons (Fsp3) is 0.611. The fourth-order valence-electron chi connectivity index (χ4n) is 3.06. The smallest absolute Gasteiger partial charge is 0.222 e. The highest BCUT2D eigenvalue weighted by Gasteiger charge is 2.33. The molecule has 1 fully saturated rings. The van der Waals surface area contributed by atoms with Gasteiger partial charge in [0.25, 0.3) is 0 Å². The zero-order chi connectivity index (χ0) is 16.0.